The molecule has 162 valence electrons. The Kier molecular flexibility index (Phi) is 6.72. The average Bonchev–Trinajstić information content (AvgIpc) is 3.18. The molecule has 0 bridgehead atoms. The largest absolute Gasteiger partial charge is 0.497 e. The highest BCUT2D eigenvalue weighted by atomic mass is 35.5. The first-order valence-corrected chi connectivity index (χ1v) is 10.3. The number of rotatable bonds is 8. The van der Waals surface area contributed by atoms with E-state index in [1.54, 1.807) is 37.5 Å². The van der Waals surface area contributed by atoms with Gasteiger partial charge in [0.2, 0.25) is 5.90 Å². The van der Waals surface area contributed by atoms with Gasteiger partial charge in [-0.2, -0.15) is 0 Å². The predicted octanol–water partition coefficient (Wildman–Crippen LogP) is 5.15. The van der Waals surface area contributed by atoms with Gasteiger partial charge >= 0.3 is 5.97 Å². The molecule has 0 fully saturated rings. The molecule has 0 atom stereocenters. The van der Waals surface area contributed by atoms with E-state index < -0.39 is 5.97 Å². The van der Waals surface area contributed by atoms with E-state index in [1.807, 2.05) is 48.5 Å². The van der Waals surface area contributed by atoms with Crippen molar-refractivity contribution in [2.45, 2.75) is 0 Å². The van der Waals surface area contributed by atoms with Gasteiger partial charge in [-0.15, -0.1) is 0 Å². The van der Waals surface area contributed by atoms with E-state index in [2.05, 4.69) is 4.99 Å². The monoisotopic (exact) mass is 449 g/mol. The predicted molar refractivity (Wildman–Crippen MR) is 122 cm³/mol. The number of benzene rings is 3. The average molecular weight is 450 g/mol. The first-order chi connectivity index (χ1) is 15.6. The van der Waals surface area contributed by atoms with Crippen molar-refractivity contribution in [1.29, 1.82) is 0 Å². The molecule has 0 saturated carbocycles. The smallest absolute Gasteiger partial charge is 0.363 e. The Balaban J connectivity index is 1.32. The van der Waals surface area contributed by atoms with Gasteiger partial charge < -0.3 is 18.9 Å². The van der Waals surface area contributed by atoms with E-state index in [4.69, 9.17) is 30.5 Å². The van der Waals surface area contributed by atoms with Crippen LogP contribution in [0.5, 0.6) is 17.2 Å². The summed E-state index contributed by atoms with van der Waals surface area (Å²) in [6.45, 7) is 0.783. The second kappa shape index (κ2) is 10.0. The summed E-state index contributed by atoms with van der Waals surface area (Å²) in [7, 11) is 1.61. The topological polar surface area (TPSA) is 66.3 Å². The molecule has 32 heavy (non-hydrogen) atoms. The zero-order valence-electron chi connectivity index (χ0n) is 17.3. The van der Waals surface area contributed by atoms with Crippen LogP contribution in [0.25, 0.3) is 6.08 Å². The van der Waals surface area contributed by atoms with Crippen LogP contribution in [-0.4, -0.2) is 32.2 Å². The Labute approximate surface area is 190 Å². The number of carbonyl (C=O) groups excluding carboxylic acids is 1. The zero-order valence-corrected chi connectivity index (χ0v) is 18.0. The molecule has 1 aliphatic rings. The zero-order chi connectivity index (χ0) is 22.3. The molecule has 0 unspecified atom stereocenters. The van der Waals surface area contributed by atoms with Crippen LogP contribution in [0.15, 0.2) is 83.5 Å². The van der Waals surface area contributed by atoms with Crippen LogP contribution in [0.1, 0.15) is 11.1 Å². The van der Waals surface area contributed by atoms with E-state index in [0.717, 1.165) is 17.1 Å². The van der Waals surface area contributed by atoms with Crippen molar-refractivity contribution in [3.05, 3.63) is 94.6 Å². The van der Waals surface area contributed by atoms with Gasteiger partial charge in [0.15, 0.2) is 5.70 Å². The Hall–Kier alpha value is -3.77. The summed E-state index contributed by atoms with van der Waals surface area (Å²) >= 11 is 5.89. The number of esters is 1. The highest BCUT2D eigenvalue weighted by Crippen LogP contribution is 2.22. The van der Waals surface area contributed by atoms with E-state index in [0.29, 0.717) is 29.5 Å². The highest BCUT2D eigenvalue weighted by molar-refractivity contribution is 6.30. The minimum absolute atomic E-state index is 0.232. The van der Waals surface area contributed by atoms with Gasteiger partial charge in [0.25, 0.3) is 0 Å². The molecule has 0 aromatic heterocycles. The number of aliphatic imine (C=N–C) groups is 1. The van der Waals surface area contributed by atoms with E-state index in [-0.39, 0.29) is 11.6 Å². The molecular formula is C25H20ClNO5. The van der Waals surface area contributed by atoms with Gasteiger partial charge in [0.05, 0.1) is 7.11 Å². The second-order valence-corrected chi connectivity index (χ2v) is 7.22. The molecule has 1 aliphatic heterocycles. The van der Waals surface area contributed by atoms with Crippen LogP contribution in [0, 0.1) is 0 Å². The van der Waals surface area contributed by atoms with Gasteiger partial charge in [-0.1, -0.05) is 29.8 Å². The number of hydrogen-bond acceptors (Lipinski definition) is 6. The Bertz CT molecular complexity index is 1150. The van der Waals surface area contributed by atoms with Crippen molar-refractivity contribution in [3.63, 3.8) is 0 Å². The van der Waals surface area contributed by atoms with Gasteiger partial charge in [-0.25, -0.2) is 9.79 Å². The molecule has 4 rings (SSSR count). The molecule has 0 radical (unpaired) electrons. The molecule has 0 amide bonds. The maximum atomic E-state index is 12.2. The SMILES string of the molecule is COc1cccc(OCCOc2ccc(/C=C3/N=C(c4ccc(Cl)cc4)OC3=O)cc2)c1. The van der Waals surface area contributed by atoms with Gasteiger partial charge in [-0.3, -0.25) is 0 Å². The molecule has 3 aromatic rings. The number of nitrogens with zero attached hydrogens (tertiary/aromatic N) is 1. The van der Waals surface area contributed by atoms with Gasteiger partial charge in [0.1, 0.15) is 30.5 Å². The summed E-state index contributed by atoms with van der Waals surface area (Å²) in [5, 5.41) is 0.601. The summed E-state index contributed by atoms with van der Waals surface area (Å²) in [5.41, 5.74) is 1.72. The fourth-order valence-electron chi connectivity index (χ4n) is 2.95. The maximum absolute atomic E-state index is 12.2. The minimum atomic E-state index is -0.495. The lowest BCUT2D eigenvalue weighted by Gasteiger charge is -2.09. The van der Waals surface area contributed by atoms with Crippen LogP contribution in [0.2, 0.25) is 5.02 Å². The highest BCUT2D eigenvalue weighted by Gasteiger charge is 2.24. The third-order valence-electron chi connectivity index (χ3n) is 4.56. The number of cyclic esters (lactones) is 1. The number of halogens is 1. The lowest BCUT2D eigenvalue weighted by molar-refractivity contribution is -0.129. The second-order valence-electron chi connectivity index (χ2n) is 6.79. The molecule has 0 N–H and O–H groups in total. The van der Waals surface area contributed by atoms with Crippen molar-refractivity contribution in [2.75, 3.05) is 20.3 Å². The van der Waals surface area contributed by atoms with E-state index in [1.165, 1.54) is 0 Å². The van der Waals surface area contributed by atoms with Crippen molar-refractivity contribution in [2.24, 2.45) is 4.99 Å². The molecule has 3 aromatic carbocycles. The quantitative estimate of drug-likeness (QED) is 0.270. The lowest BCUT2D eigenvalue weighted by atomic mass is 10.2. The standard InChI is InChI=1S/C25H20ClNO5/c1-29-21-3-2-4-22(16-21)31-14-13-30-20-11-5-17(6-12-20)15-23-25(28)32-24(27-23)18-7-9-19(26)10-8-18/h2-12,15-16H,13-14H2,1H3/b23-15+. The molecule has 0 spiro atoms. The van der Waals surface area contributed by atoms with E-state index in [9.17, 15) is 4.79 Å². The van der Waals surface area contributed by atoms with Crippen LogP contribution in [0.4, 0.5) is 0 Å². The van der Waals surface area contributed by atoms with Gasteiger partial charge in [0, 0.05) is 16.7 Å². The van der Waals surface area contributed by atoms with E-state index >= 15 is 0 Å². The molecule has 1 heterocycles. The third kappa shape index (κ3) is 5.47. The normalized spacial score (nSPS) is 14.1. The fourth-order valence-corrected chi connectivity index (χ4v) is 3.08. The first-order valence-electron chi connectivity index (χ1n) is 9.89. The maximum Gasteiger partial charge on any atom is 0.363 e. The Morgan fingerprint density at radius 1 is 0.906 bits per heavy atom. The third-order valence-corrected chi connectivity index (χ3v) is 4.81. The van der Waals surface area contributed by atoms with Crippen LogP contribution < -0.4 is 14.2 Å². The molecule has 6 nitrogen and oxygen atoms in total. The van der Waals surface area contributed by atoms with Gasteiger partial charge in [-0.05, 0) is 60.2 Å². The summed E-state index contributed by atoms with van der Waals surface area (Å²) in [6, 6.07) is 21.7. The Morgan fingerprint density at radius 2 is 1.59 bits per heavy atom. The molecule has 7 heteroatoms. The molecule has 0 saturated heterocycles. The fraction of sp³-hybridized carbons (Fsp3) is 0.120. The van der Waals surface area contributed by atoms with Crippen molar-refractivity contribution < 1.29 is 23.7 Å². The van der Waals surface area contributed by atoms with Crippen molar-refractivity contribution >= 4 is 29.5 Å². The van der Waals surface area contributed by atoms with Crippen LogP contribution in [-0.2, 0) is 9.53 Å². The lowest BCUT2D eigenvalue weighted by Crippen LogP contribution is -2.09. The minimum Gasteiger partial charge on any atom is -0.497 e. The first kappa shape index (κ1) is 21.5. The summed E-state index contributed by atoms with van der Waals surface area (Å²) in [4.78, 5) is 16.4. The number of carbonyl (C=O) groups is 1. The number of hydrogen-bond donors (Lipinski definition) is 0. The molecule has 0 aliphatic carbocycles. The molecular weight excluding hydrogens is 430 g/mol. The number of ether oxygens (including phenoxy) is 4. The summed E-state index contributed by atoms with van der Waals surface area (Å²) in [6.07, 6.45) is 1.67. The Morgan fingerprint density at radius 3 is 2.31 bits per heavy atom. The summed E-state index contributed by atoms with van der Waals surface area (Å²) < 4.78 is 21.8. The number of methoxy groups -OCH3 is 1. The van der Waals surface area contributed by atoms with Crippen molar-refractivity contribution in [3.8, 4) is 17.2 Å². The summed E-state index contributed by atoms with van der Waals surface area (Å²) in [5.74, 6) is 1.92. The van der Waals surface area contributed by atoms with Crippen LogP contribution >= 0.6 is 11.6 Å². The van der Waals surface area contributed by atoms with Crippen LogP contribution in [0.3, 0.4) is 0 Å². The van der Waals surface area contributed by atoms with Crippen molar-refractivity contribution in [1.82, 2.24) is 0 Å².